The number of anilines is 1. The lowest BCUT2D eigenvalue weighted by atomic mass is 10.00. The van der Waals surface area contributed by atoms with Crippen molar-refractivity contribution in [1.82, 2.24) is 15.4 Å². The van der Waals surface area contributed by atoms with Gasteiger partial charge in [-0.2, -0.15) is 0 Å². The average Bonchev–Trinajstić information content (AvgIpc) is 3.41. The first-order valence-corrected chi connectivity index (χ1v) is 14.6. The Bertz CT molecular complexity index is 1600. The Kier molecular flexibility index (Phi) is 6.76. The van der Waals surface area contributed by atoms with Crippen molar-refractivity contribution >= 4 is 35.2 Å². The number of halogens is 2. The third kappa shape index (κ3) is 4.90. The summed E-state index contributed by atoms with van der Waals surface area (Å²) >= 11 is 13.0. The van der Waals surface area contributed by atoms with Crippen LogP contribution in [0.4, 0.5) is 6.01 Å². The predicted octanol–water partition coefficient (Wildman–Crippen LogP) is 7.30. The fraction of sp³-hybridized carbons (Fsp3) is 0.400. The smallest absolute Gasteiger partial charge is 0.335 e. The van der Waals surface area contributed by atoms with E-state index in [-0.39, 0.29) is 23.8 Å². The third-order valence-electron chi connectivity index (χ3n) is 8.46. The summed E-state index contributed by atoms with van der Waals surface area (Å²) in [7, 11) is 0. The van der Waals surface area contributed by atoms with Gasteiger partial charge in [-0.25, -0.2) is 4.79 Å². The standard InChI is InChI=1S/C30H28Cl2N4O5/c1-15-11-17(7-10-21(15)29(37)38)28-33-34-30(40-28)36-18-8-9-19(36)13-20(12-18)39-14-22-26(35-41-27(22)16-5-6-16)25-23(31)3-2-4-24(25)32/h2-4,7,10-11,16,18-20H,5-6,8-9,12-14H2,1H3,(H,37,38)/t18-,19+,20+. The Hall–Kier alpha value is -3.40. The Morgan fingerprint density at radius 2 is 1.80 bits per heavy atom. The SMILES string of the molecule is Cc1cc(-c2nnc(N3[C@@H]4CC[C@H]3C[C@@H](OCc3c(-c5c(Cl)cccc5Cl)noc3C3CC3)C4)o2)ccc1C(=O)O. The number of carboxylic acid groups (broad SMARTS) is 1. The fourth-order valence-electron chi connectivity index (χ4n) is 6.30. The molecule has 41 heavy (non-hydrogen) atoms. The van der Waals surface area contributed by atoms with Gasteiger partial charge in [-0.15, -0.1) is 5.10 Å². The third-order valence-corrected chi connectivity index (χ3v) is 9.09. The lowest BCUT2D eigenvalue weighted by Crippen LogP contribution is -2.45. The number of benzene rings is 2. The molecule has 212 valence electrons. The predicted molar refractivity (Wildman–Crippen MR) is 152 cm³/mol. The van der Waals surface area contributed by atoms with Gasteiger partial charge < -0.3 is 23.7 Å². The van der Waals surface area contributed by atoms with E-state index in [0.29, 0.717) is 56.9 Å². The zero-order valence-electron chi connectivity index (χ0n) is 22.3. The highest BCUT2D eigenvalue weighted by molar-refractivity contribution is 6.39. The number of aryl methyl sites for hydroxylation is 1. The molecule has 3 aliphatic rings. The second-order valence-electron chi connectivity index (χ2n) is 11.2. The monoisotopic (exact) mass is 594 g/mol. The second-order valence-corrected chi connectivity index (χ2v) is 12.0. The minimum Gasteiger partial charge on any atom is -0.478 e. The number of aromatic carboxylic acids is 1. The Labute approximate surface area is 246 Å². The zero-order chi connectivity index (χ0) is 28.2. The van der Waals surface area contributed by atoms with E-state index in [0.717, 1.165) is 49.8 Å². The molecule has 2 bridgehead atoms. The van der Waals surface area contributed by atoms with Crippen molar-refractivity contribution in [1.29, 1.82) is 0 Å². The van der Waals surface area contributed by atoms with Crippen molar-refractivity contribution in [3.8, 4) is 22.7 Å². The summed E-state index contributed by atoms with van der Waals surface area (Å²) in [4.78, 5) is 13.6. The number of rotatable bonds is 8. The molecule has 2 aromatic carbocycles. The van der Waals surface area contributed by atoms with Crippen LogP contribution in [0.5, 0.6) is 0 Å². The molecule has 0 unspecified atom stereocenters. The number of carbonyl (C=O) groups is 1. The summed E-state index contributed by atoms with van der Waals surface area (Å²) < 4.78 is 18.5. The summed E-state index contributed by atoms with van der Waals surface area (Å²) in [6.45, 7) is 2.14. The van der Waals surface area contributed by atoms with Gasteiger partial charge in [-0.1, -0.05) is 39.5 Å². The summed E-state index contributed by atoms with van der Waals surface area (Å²) in [6, 6.07) is 11.4. The van der Waals surface area contributed by atoms with Crippen LogP contribution in [0, 0.1) is 6.92 Å². The summed E-state index contributed by atoms with van der Waals surface area (Å²) in [5, 5.41) is 23.4. The Morgan fingerprint density at radius 1 is 1.07 bits per heavy atom. The molecule has 4 heterocycles. The molecule has 9 nitrogen and oxygen atoms in total. The van der Waals surface area contributed by atoms with E-state index in [9.17, 15) is 9.90 Å². The van der Waals surface area contributed by atoms with Gasteiger partial charge in [0.2, 0.25) is 5.89 Å². The van der Waals surface area contributed by atoms with Crippen LogP contribution in [-0.2, 0) is 11.3 Å². The first-order valence-electron chi connectivity index (χ1n) is 13.9. The number of piperidine rings is 1. The van der Waals surface area contributed by atoms with E-state index in [2.05, 4.69) is 20.3 Å². The van der Waals surface area contributed by atoms with Gasteiger partial charge in [0, 0.05) is 34.7 Å². The average molecular weight is 595 g/mol. The van der Waals surface area contributed by atoms with Crippen LogP contribution in [0.25, 0.3) is 22.7 Å². The van der Waals surface area contributed by atoms with Gasteiger partial charge in [-0.3, -0.25) is 0 Å². The van der Waals surface area contributed by atoms with E-state index in [1.165, 1.54) is 0 Å². The number of nitrogens with zero attached hydrogens (tertiary/aromatic N) is 4. The van der Waals surface area contributed by atoms with Crippen LogP contribution >= 0.6 is 23.2 Å². The molecule has 4 aromatic rings. The summed E-state index contributed by atoms with van der Waals surface area (Å²) in [5.41, 5.74) is 3.87. The quantitative estimate of drug-likeness (QED) is 0.224. The van der Waals surface area contributed by atoms with Gasteiger partial charge in [0.25, 0.3) is 0 Å². The number of carboxylic acids is 1. The van der Waals surface area contributed by atoms with Crippen LogP contribution in [0.2, 0.25) is 10.0 Å². The molecule has 2 aliphatic heterocycles. The number of aromatic nitrogens is 3. The molecule has 0 radical (unpaired) electrons. The molecule has 2 aromatic heterocycles. The first-order chi connectivity index (χ1) is 19.9. The summed E-state index contributed by atoms with van der Waals surface area (Å²) in [6.07, 6.45) is 5.95. The first kappa shape index (κ1) is 26.5. The van der Waals surface area contributed by atoms with Gasteiger partial charge in [0.05, 0.1) is 28.3 Å². The minimum absolute atomic E-state index is 0.0638. The normalized spacial score (nSPS) is 21.9. The van der Waals surface area contributed by atoms with E-state index in [1.807, 2.05) is 18.2 Å². The fourth-order valence-corrected chi connectivity index (χ4v) is 6.87. The van der Waals surface area contributed by atoms with Crippen LogP contribution in [-0.4, -0.2) is 44.6 Å². The molecule has 1 N–H and O–H groups in total. The minimum atomic E-state index is -0.960. The molecule has 3 fully saturated rings. The molecular formula is C30H28Cl2N4O5. The highest BCUT2D eigenvalue weighted by atomic mass is 35.5. The largest absolute Gasteiger partial charge is 0.478 e. The maximum absolute atomic E-state index is 11.4. The zero-order valence-corrected chi connectivity index (χ0v) is 23.9. The maximum atomic E-state index is 11.4. The van der Waals surface area contributed by atoms with E-state index >= 15 is 0 Å². The van der Waals surface area contributed by atoms with Gasteiger partial charge >= 0.3 is 12.0 Å². The van der Waals surface area contributed by atoms with E-state index in [4.69, 9.17) is 36.9 Å². The maximum Gasteiger partial charge on any atom is 0.335 e. The van der Waals surface area contributed by atoms with Crippen molar-refractivity contribution < 1.29 is 23.6 Å². The van der Waals surface area contributed by atoms with Crippen molar-refractivity contribution in [2.45, 2.75) is 76.2 Å². The van der Waals surface area contributed by atoms with Crippen molar-refractivity contribution in [2.24, 2.45) is 0 Å². The van der Waals surface area contributed by atoms with Crippen LogP contribution in [0.15, 0.2) is 45.3 Å². The lowest BCUT2D eigenvalue weighted by molar-refractivity contribution is 0.0139. The van der Waals surface area contributed by atoms with E-state index < -0.39 is 5.97 Å². The second kappa shape index (κ2) is 10.5. The van der Waals surface area contributed by atoms with Gasteiger partial charge in [-0.05, 0) is 81.3 Å². The van der Waals surface area contributed by atoms with Gasteiger partial charge in [0.15, 0.2) is 0 Å². The van der Waals surface area contributed by atoms with Gasteiger partial charge in [0.1, 0.15) is 11.5 Å². The van der Waals surface area contributed by atoms with Crippen molar-refractivity contribution in [3.63, 3.8) is 0 Å². The van der Waals surface area contributed by atoms with Crippen molar-refractivity contribution in [3.05, 3.63) is 68.9 Å². The molecule has 2 saturated heterocycles. The molecule has 7 rings (SSSR count). The Balaban J connectivity index is 1.07. The van der Waals surface area contributed by atoms with Crippen LogP contribution < -0.4 is 4.90 Å². The van der Waals surface area contributed by atoms with Crippen LogP contribution in [0.1, 0.15) is 71.7 Å². The number of hydrogen-bond acceptors (Lipinski definition) is 8. The highest BCUT2D eigenvalue weighted by Gasteiger charge is 2.44. The molecule has 0 spiro atoms. The summed E-state index contributed by atoms with van der Waals surface area (Å²) in [5.74, 6) is 0.661. The number of hydrogen-bond donors (Lipinski definition) is 1. The highest BCUT2D eigenvalue weighted by Crippen LogP contribution is 2.47. The Morgan fingerprint density at radius 3 is 2.46 bits per heavy atom. The molecule has 1 saturated carbocycles. The lowest BCUT2D eigenvalue weighted by Gasteiger charge is -2.37. The molecule has 3 atom stereocenters. The molecule has 0 amide bonds. The van der Waals surface area contributed by atoms with E-state index in [1.54, 1.807) is 25.1 Å². The van der Waals surface area contributed by atoms with Crippen molar-refractivity contribution in [2.75, 3.05) is 4.90 Å². The number of ether oxygens (including phenoxy) is 1. The number of fused-ring (bicyclic) bond motifs is 2. The molecule has 11 heteroatoms. The molecule has 1 aliphatic carbocycles. The molecular weight excluding hydrogens is 567 g/mol. The van der Waals surface area contributed by atoms with Crippen LogP contribution in [0.3, 0.4) is 0 Å². The topological polar surface area (TPSA) is 115 Å².